The Bertz CT molecular complexity index is 2000. The summed E-state index contributed by atoms with van der Waals surface area (Å²) in [4.78, 5) is 5.41. The molecule has 44 heavy (non-hydrogen) atoms. The van der Waals surface area contributed by atoms with Gasteiger partial charge in [-0.1, -0.05) is 118 Å². The number of hydrogen-bond acceptors (Lipinski definition) is 2. The van der Waals surface area contributed by atoms with Gasteiger partial charge in [0, 0.05) is 27.3 Å². The zero-order valence-corrected chi connectivity index (χ0v) is 27.3. The topological polar surface area (TPSA) is 3.24 Å². The maximum absolute atomic E-state index is 2.51. The van der Waals surface area contributed by atoms with Crippen molar-refractivity contribution in [1.29, 1.82) is 0 Å². The molecule has 2 heteroatoms. The summed E-state index contributed by atoms with van der Waals surface area (Å²) in [6.45, 7) is 13.9. The molecular weight excluding hydrogens is 551 g/mol. The summed E-state index contributed by atoms with van der Waals surface area (Å²) in [7, 11) is 0. The van der Waals surface area contributed by atoms with E-state index in [2.05, 4.69) is 156 Å². The Hall–Kier alpha value is -4.01. The molecule has 1 atom stereocenters. The number of thioether (sulfide) groups is 1. The summed E-state index contributed by atoms with van der Waals surface area (Å²) in [5.41, 5.74) is 16.2. The lowest BCUT2D eigenvalue weighted by Gasteiger charge is -2.42. The largest absolute Gasteiger partial charge is 0.310 e. The Balaban J connectivity index is 1.25. The van der Waals surface area contributed by atoms with Crippen LogP contribution in [0.4, 0.5) is 17.1 Å². The van der Waals surface area contributed by atoms with Gasteiger partial charge in [0.05, 0.1) is 11.4 Å². The molecule has 0 radical (unpaired) electrons. The lowest BCUT2D eigenvalue weighted by molar-refractivity contribution is 0.630. The van der Waals surface area contributed by atoms with E-state index in [-0.39, 0.29) is 10.8 Å². The van der Waals surface area contributed by atoms with Crippen LogP contribution in [0.15, 0.2) is 125 Å². The summed E-state index contributed by atoms with van der Waals surface area (Å²) in [6.07, 6.45) is 10.2. The number of fused-ring (bicyclic) bond motifs is 6. The van der Waals surface area contributed by atoms with Gasteiger partial charge in [-0.05, 0) is 106 Å². The van der Waals surface area contributed by atoms with Crippen LogP contribution in [-0.2, 0) is 10.8 Å². The number of benzene rings is 4. The molecule has 0 saturated heterocycles. The van der Waals surface area contributed by atoms with Gasteiger partial charge in [0.25, 0.3) is 0 Å². The highest BCUT2D eigenvalue weighted by atomic mass is 32.2. The monoisotopic (exact) mass is 589 g/mol. The molecule has 2 aliphatic heterocycles. The summed E-state index contributed by atoms with van der Waals surface area (Å²) in [5.74, 6) is 0.469. The fourth-order valence-corrected chi connectivity index (χ4v) is 9.20. The second-order valence-corrected chi connectivity index (χ2v) is 14.9. The van der Waals surface area contributed by atoms with E-state index >= 15 is 0 Å². The van der Waals surface area contributed by atoms with E-state index in [4.69, 9.17) is 0 Å². The molecule has 4 aromatic rings. The Labute approximate surface area is 266 Å². The van der Waals surface area contributed by atoms with Crippen LogP contribution in [0, 0.1) is 0 Å². The van der Waals surface area contributed by atoms with Crippen molar-refractivity contribution in [2.24, 2.45) is 0 Å². The minimum atomic E-state index is -0.127. The molecular formula is C42H39NS. The van der Waals surface area contributed by atoms with Crippen molar-refractivity contribution in [3.63, 3.8) is 0 Å². The van der Waals surface area contributed by atoms with E-state index < -0.39 is 0 Å². The fraction of sp³-hybridized carbons (Fsp3) is 0.238. The summed E-state index contributed by atoms with van der Waals surface area (Å²) < 4.78 is 0. The first-order valence-electron chi connectivity index (χ1n) is 15.9. The van der Waals surface area contributed by atoms with E-state index in [1.54, 1.807) is 0 Å². The predicted molar refractivity (Wildman–Crippen MR) is 189 cm³/mol. The molecule has 1 nitrogen and oxygen atoms in total. The third-order valence-corrected chi connectivity index (χ3v) is 12.0. The van der Waals surface area contributed by atoms with Crippen LogP contribution in [0.2, 0.25) is 0 Å². The molecule has 4 aromatic carbocycles. The van der Waals surface area contributed by atoms with Crippen LogP contribution in [0.5, 0.6) is 0 Å². The van der Waals surface area contributed by atoms with Crippen LogP contribution < -0.4 is 4.90 Å². The van der Waals surface area contributed by atoms with Crippen LogP contribution in [0.3, 0.4) is 0 Å². The van der Waals surface area contributed by atoms with Crippen molar-refractivity contribution < 1.29 is 0 Å². The lowest BCUT2D eigenvalue weighted by atomic mass is 9.72. The molecule has 0 amide bonds. The normalized spacial score (nSPS) is 20.5. The van der Waals surface area contributed by atoms with Crippen molar-refractivity contribution in [2.45, 2.75) is 69.6 Å². The van der Waals surface area contributed by atoms with Gasteiger partial charge in [-0.3, -0.25) is 0 Å². The molecule has 1 unspecified atom stereocenters. The van der Waals surface area contributed by atoms with Gasteiger partial charge >= 0.3 is 0 Å². The number of anilines is 3. The lowest BCUT2D eigenvalue weighted by Crippen LogP contribution is -2.31. The molecule has 0 aromatic heterocycles. The number of hydrogen-bond donors (Lipinski definition) is 0. The smallest absolute Gasteiger partial charge is 0.0503 e. The average Bonchev–Trinajstić information content (AvgIpc) is 3.49. The third-order valence-electron chi connectivity index (χ3n) is 10.7. The number of nitrogens with zero attached hydrogens (tertiary/aromatic N) is 1. The molecule has 0 saturated carbocycles. The highest BCUT2D eigenvalue weighted by Gasteiger charge is 2.39. The van der Waals surface area contributed by atoms with Crippen LogP contribution >= 0.6 is 11.8 Å². The molecule has 2 aliphatic carbocycles. The van der Waals surface area contributed by atoms with Crippen LogP contribution in [-0.4, -0.2) is 0 Å². The van der Waals surface area contributed by atoms with E-state index in [0.29, 0.717) is 5.92 Å². The average molecular weight is 590 g/mol. The molecule has 2 heterocycles. The molecule has 218 valence electrons. The maximum atomic E-state index is 2.51. The summed E-state index contributed by atoms with van der Waals surface area (Å²) in [5, 5.41) is 0. The van der Waals surface area contributed by atoms with Crippen molar-refractivity contribution in [1.82, 2.24) is 0 Å². The third kappa shape index (κ3) is 3.86. The molecule has 0 spiro atoms. The minimum absolute atomic E-state index is 0.0155. The highest BCUT2D eigenvalue weighted by Crippen LogP contribution is 2.56. The van der Waals surface area contributed by atoms with Gasteiger partial charge in [-0.15, -0.1) is 0 Å². The molecule has 8 rings (SSSR count). The first-order valence-corrected chi connectivity index (χ1v) is 16.7. The van der Waals surface area contributed by atoms with Crippen LogP contribution in [0.1, 0.15) is 87.3 Å². The molecule has 0 fully saturated rings. The molecule has 0 bridgehead atoms. The van der Waals surface area contributed by atoms with Crippen molar-refractivity contribution in [3.05, 3.63) is 153 Å². The first-order chi connectivity index (χ1) is 21.2. The summed E-state index contributed by atoms with van der Waals surface area (Å²) >= 11 is 1.94. The first kappa shape index (κ1) is 27.5. The van der Waals surface area contributed by atoms with E-state index in [9.17, 15) is 0 Å². The van der Waals surface area contributed by atoms with E-state index in [1.807, 2.05) is 11.8 Å². The molecule has 4 aliphatic rings. The Kier molecular flexibility index (Phi) is 6.10. The molecule has 0 N–H and O–H groups in total. The van der Waals surface area contributed by atoms with E-state index in [0.717, 1.165) is 6.42 Å². The second-order valence-electron chi connectivity index (χ2n) is 13.8. The zero-order valence-electron chi connectivity index (χ0n) is 26.5. The van der Waals surface area contributed by atoms with Gasteiger partial charge in [0.1, 0.15) is 0 Å². The zero-order chi connectivity index (χ0) is 30.4. The highest BCUT2D eigenvalue weighted by molar-refractivity contribution is 8.03. The Morgan fingerprint density at radius 2 is 1.55 bits per heavy atom. The van der Waals surface area contributed by atoms with Crippen LogP contribution in [0.25, 0.3) is 11.1 Å². The van der Waals surface area contributed by atoms with Crippen molar-refractivity contribution >= 4 is 40.0 Å². The number of para-hydroxylation sites is 1. The standard InChI is InChI=1S/C42H39NS/c1-7-12-30-26(2)41(3,4)35-25-29(19-20-31(30)35)43-37-15-10-9-14-34(37)42(5,6)36-24-28(17-21-38(36)43)27-18-22-40-33(23-27)32-13-8-11-16-39(32)44-40/h7-22,24-25,33H,23H2,1-6H3/b12-7-. The van der Waals surface area contributed by atoms with Crippen molar-refractivity contribution in [3.8, 4) is 0 Å². The SMILES string of the molecule is C/C=C\C1=C(C)C(C)(C)c2cc(N3c4ccccc4C(C)(C)c4cc(C5=CC=C6Sc7ccccc7C6C5)ccc43)ccc21. The Morgan fingerprint density at radius 1 is 0.773 bits per heavy atom. The summed E-state index contributed by atoms with van der Waals surface area (Å²) in [6, 6.07) is 32.3. The van der Waals surface area contributed by atoms with Gasteiger partial charge < -0.3 is 4.90 Å². The Morgan fingerprint density at radius 3 is 2.39 bits per heavy atom. The van der Waals surface area contributed by atoms with E-state index in [1.165, 1.54) is 77.0 Å². The van der Waals surface area contributed by atoms with Gasteiger partial charge in [0.15, 0.2) is 0 Å². The number of rotatable bonds is 3. The minimum Gasteiger partial charge on any atom is -0.310 e. The van der Waals surface area contributed by atoms with Gasteiger partial charge in [-0.25, -0.2) is 0 Å². The quantitative estimate of drug-likeness (QED) is 0.234. The number of allylic oxidation sites excluding steroid dienone is 8. The van der Waals surface area contributed by atoms with Gasteiger partial charge in [0.2, 0.25) is 0 Å². The van der Waals surface area contributed by atoms with Crippen molar-refractivity contribution in [2.75, 3.05) is 4.90 Å². The van der Waals surface area contributed by atoms with Gasteiger partial charge in [-0.2, -0.15) is 0 Å². The predicted octanol–water partition coefficient (Wildman–Crippen LogP) is 12.0. The fourth-order valence-electron chi connectivity index (χ4n) is 7.99. The maximum Gasteiger partial charge on any atom is 0.0503 e. The second kappa shape index (κ2) is 9.74.